The molecule has 1 aliphatic carbocycles. The molecule has 1 aliphatic heterocycles. The highest BCUT2D eigenvalue weighted by Crippen LogP contribution is 2.25. The van der Waals surface area contributed by atoms with Crippen LogP contribution in [0.15, 0.2) is 18.7 Å². The van der Waals surface area contributed by atoms with Crippen LogP contribution < -0.4 is 5.32 Å². The third-order valence-corrected chi connectivity index (χ3v) is 5.72. The van der Waals surface area contributed by atoms with Crippen molar-refractivity contribution in [3.63, 3.8) is 0 Å². The fourth-order valence-corrected chi connectivity index (χ4v) is 4.24. The molecule has 1 saturated carbocycles. The number of rotatable bonds is 6. The number of aromatic nitrogens is 5. The SMILES string of the molecule is O=C(CCn1cnnc1)NCc1cc2n(n1)CCCN(C1CCCCC1)C2. The Balaban J connectivity index is 1.29. The molecule has 0 saturated heterocycles. The van der Waals surface area contributed by atoms with Crippen LogP contribution in [0.25, 0.3) is 0 Å². The summed E-state index contributed by atoms with van der Waals surface area (Å²) in [4.78, 5) is 14.7. The number of hydrogen-bond donors (Lipinski definition) is 1. The van der Waals surface area contributed by atoms with Crippen LogP contribution in [0.1, 0.15) is 56.3 Å². The molecule has 1 amide bonds. The molecule has 1 fully saturated rings. The highest BCUT2D eigenvalue weighted by atomic mass is 16.1. The zero-order valence-corrected chi connectivity index (χ0v) is 15.9. The lowest BCUT2D eigenvalue weighted by atomic mass is 9.94. The summed E-state index contributed by atoms with van der Waals surface area (Å²) in [5.74, 6) is 0.0238. The molecule has 0 bridgehead atoms. The molecule has 0 aromatic carbocycles. The summed E-state index contributed by atoms with van der Waals surface area (Å²) >= 11 is 0. The average Bonchev–Trinajstić information content (AvgIpc) is 3.31. The molecule has 3 heterocycles. The van der Waals surface area contributed by atoms with Crippen molar-refractivity contribution in [2.24, 2.45) is 0 Å². The maximum Gasteiger partial charge on any atom is 0.222 e. The van der Waals surface area contributed by atoms with Gasteiger partial charge in [0.2, 0.25) is 5.91 Å². The number of nitrogens with zero attached hydrogens (tertiary/aromatic N) is 6. The fourth-order valence-electron chi connectivity index (χ4n) is 4.24. The standard InChI is InChI=1S/C19H29N7O/c27-19(7-10-24-14-21-22-15-24)20-12-16-11-18-13-25(8-4-9-26(18)23-16)17-5-2-1-3-6-17/h11,14-15,17H,1-10,12-13H2,(H,20,27). The number of aryl methyl sites for hydroxylation is 2. The minimum atomic E-state index is 0.0238. The van der Waals surface area contributed by atoms with Gasteiger partial charge in [-0.3, -0.25) is 14.4 Å². The van der Waals surface area contributed by atoms with Crippen LogP contribution in [0.2, 0.25) is 0 Å². The molecule has 0 atom stereocenters. The van der Waals surface area contributed by atoms with Gasteiger partial charge in [-0.25, -0.2) is 0 Å². The summed E-state index contributed by atoms with van der Waals surface area (Å²) < 4.78 is 3.94. The first-order chi connectivity index (χ1) is 13.3. The topological polar surface area (TPSA) is 80.9 Å². The van der Waals surface area contributed by atoms with Gasteiger partial charge in [0.15, 0.2) is 0 Å². The lowest BCUT2D eigenvalue weighted by molar-refractivity contribution is -0.121. The van der Waals surface area contributed by atoms with Gasteiger partial charge in [0.25, 0.3) is 0 Å². The molecule has 0 spiro atoms. The summed E-state index contributed by atoms with van der Waals surface area (Å²) in [6.45, 7) is 4.21. The average molecular weight is 371 g/mol. The van der Waals surface area contributed by atoms with Crippen molar-refractivity contribution in [1.82, 2.24) is 34.8 Å². The Morgan fingerprint density at radius 2 is 1.93 bits per heavy atom. The van der Waals surface area contributed by atoms with Gasteiger partial charge in [0, 0.05) is 38.6 Å². The predicted molar refractivity (Wildman–Crippen MR) is 101 cm³/mol. The third kappa shape index (κ3) is 4.74. The van der Waals surface area contributed by atoms with E-state index in [0.29, 0.717) is 19.5 Å². The molecule has 8 nitrogen and oxygen atoms in total. The molecule has 27 heavy (non-hydrogen) atoms. The van der Waals surface area contributed by atoms with E-state index in [1.165, 1.54) is 44.3 Å². The summed E-state index contributed by atoms with van der Waals surface area (Å²) in [6.07, 6.45) is 11.6. The number of carbonyl (C=O) groups is 1. The Hall–Kier alpha value is -2.22. The molecule has 146 valence electrons. The van der Waals surface area contributed by atoms with E-state index in [1.54, 1.807) is 17.2 Å². The van der Waals surface area contributed by atoms with Crippen molar-refractivity contribution in [2.45, 2.75) is 77.2 Å². The summed E-state index contributed by atoms with van der Waals surface area (Å²) in [6, 6.07) is 2.90. The molecule has 2 aliphatic rings. The van der Waals surface area contributed by atoms with Crippen molar-refractivity contribution >= 4 is 5.91 Å². The lowest BCUT2D eigenvalue weighted by Crippen LogP contribution is -2.36. The third-order valence-electron chi connectivity index (χ3n) is 5.72. The molecule has 0 unspecified atom stereocenters. The Kier molecular flexibility index (Phi) is 5.81. The summed E-state index contributed by atoms with van der Waals surface area (Å²) in [7, 11) is 0. The van der Waals surface area contributed by atoms with Crippen LogP contribution in [0.4, 0.5) is 0 Å². The monoisotopic (exact) mass is 371 g/mol. The quantitative estimate of drug-likeness (QED) is 0.836. The van der Waals surface area contributed by atoms with Crippen molar-refractivity contribution in [1.29, 1.82) is 0 Å². The van der Waals surface area contributed by atoms with Crippen molar-refractivity contribution in [3.05, 3.63) is 30.1 Å². The highest BCUT2D eigenvalue weighted by molar-refractivity contribution is 5.75. The number of nitrogens with one attached hydrogen (secondary N) is 1. The van der Waals surface area contributed by atoms with Gasteiger partial charge >= 0.3 is 0 Å². The highest BCUT2D eigenvalue weighted by Gasteiger charge is 2.24. The summed E-state index contributed by atoms with van der Waals surface area (Å²) in [5, 5.41) is 15.2. The zero-order valence-electron chi connectivity index (χ0n) is 15.9. The maximum atomic E-state index is 12.1. The zero-order chi connectivity index (χ0) is 18.5. The Bertz CT molecular complexity index is 733. The van der Waals surface area contributed by atoms with Crippen LogP contribution >= 0.6 is 0 Å². The van der Waals surface area contributed by atoms with Crippen molar-refractivity contribution < 1.29 is 4.79 Å². The molecule has 8 heteroatoms. The molecule has 4 rings (SSSR count). The van der Waals surface area contributed by atoms with Gasteiger partial charge < -0.3 is 9.88 Å². The second kappa shape index (κ2) is 8.65. The Morgan fingerprint density at radius 3 is 2.74 bits per heavy atom. The maximum absolute atomic E-state index is 12.1. The first-order valence-electron chi connectivity index (χ1n) is 10.2. The van der Waals surface area contributed by atoms with E-state index in [4.69, 9.17) is 5.10 Å². The van der Waals surface area contributed by atoms with E-state index in [0.717, 1.165) is 31.2 Å². The van der Waals surface area contributed by atoms with Gasteiger partial charge in [-0.05, 0) is 25.3 Å². The smallest absolute Gasteiger partial charge is 0.222 e. The minimum Gasteiger partial charge on any atom is -0.350 e. The van der Waals surface area contributed by atoms with E-state index in [-0.39, 0.29) is 5.91 Å². The normalized spacial score (nSPS) is 18.8. The van der Waals surface area contributed by atoms with E-state index in [9.17, 15) is 4.79 Å². The largest absolute Gasteiger partial charge is 0.350 e. The van der Waals surface area contributed by atoms with E-state index < -0.39 is 0 Å². The second-order valence-corrected chi connectivity index (χ2v) is 7.69. The first kappa shape index (κ1) is 18.2. The van der Waals surface area contributed by atoms with Gasteiger partial charge in [-0.1, -0.05) is 19.3 Å². The summed E-state index contributed by atoms with van der Waals surface area (Å²) in [5.41, 5.74) is 2.24. The van der Waals surface area contributed by atoms with Gasteiger partial charge in [-0.15, -0.1) is 10.2 Å². The van der Waals surface area contributed by atoms with Crippen molar-refractivity contribution in [3.8, 4) is 0 Å². The molecule has 0 radical (unpaired) electrons. The van der Waals surface area contributed by atoms with E-state index in [2.05, 4.69) is 31.2 Å². The second-order valence-electron chi connectivity index (χ2n) is 7.69. The van der Waals surface area contributed by atoms with Gasteiger partial charge in [0.05, 0.1) is 17.9 Å². The number of carbonyl (C=O) groups excluding carboxylic acids is 1. The van der Waals surface area contributed by atoms with Crippen LogP contribution in [0.5, 0.6) is 0 Å². The van der Waals surface area contributed by atoms with E-state index in [1.807, 2.05) is 0 Å². The Morgan fingerprint density at radius 1 is 1.11 bits per heavy atom. The molecular formula is C19H29N7O. The van der Waals surface area contributed by atoms with Crippen LogP contribution in [0.3, 0.4) is 0 Å². The number of amides is 1. The van der Waals surface area contributed by atoms with Crippen LogP contribution in [-0.2, 0) is 31.0 Å². The van der Waals surface area contributed by atoms with E-state index >= 15 is 0 Å². The molecule has 2 aromatic rings. The minimum absolute atomic E-state index is 0.0238. The number of hydrogen-bond acceptors (Lipinski definition) is 5. The Labute approximate surface area is 159 Å². The molecular weight excluding hydrogens is 342 g/mol. The van der Waals surface area contributed by atoms with Crippen LogP contribution in [-0.4, -0.2) is 47.9 Å². The first-order valence-corrected chi connectivity index (χ1v) is 10.2. The predicted octanol–water partition coefficient (Wildman–Crippen LogP) is 1.72. The lowest BCUT2D eigenvalue weighted by Gasteiger charge is -2.33. The van der Waals surface area contributed by atoms with Crippen molar-refractivity contribution in [2.75, 3.05) is 6.54 Å². The molecule has 2 aromatic heterocycles. The van der Waals surface area contributed by atoms with Gasteiger partial charge in [0.1, 0.15) is 12.7 Å². The van der Waals surface area contributed by atoms with Crippen LogP contribution in [0, 0.1) is 0 Å². The van der Waals surface area contributed by atoms with Gasteiger partial charge in [-0.2, -0.15) is 5.10 Å². The fraction of sp³-hybridized carbons (Fsp3) is 0.684. The number of fused-ring (bicyclic) bond motifs is 1. The molecule has 1 N–H and O–H groups in total.